The summed E-state index contributed by atoms with van der Waals surface area (Å²) < 4.78 is 0. The van der Waals surface area contributed by atoms with Gasteiger partial charge in [-0.15, -0.1) is 0 Å². The van der Waals surface area contributed by atoms with E-state index >= 15 is 0 Å². The summed E-state index contributed by atoms with van der Waals surface area (Å²) in [7, 11) is 3.65. The van der Waals surface area contributed by atoms with Crippen molar-refractivity contribution in [2.75, 3.05) is 27.2 Å². The molecule has 2 atom stereocenters. The van der Waals surface area contributed by atoms with Crippen molar-refractivity contribution < 1.29 is 9.59 Å². The average Bonchev–Trinajstić information content (AvgIpc) is 2.70. The predicted octanol–water partition coefficient (Wildman–Crippen LogP) is 1.22. The maximum absolute atomic E-state index is 10.8. The Hall–Kier alpha value is -0.100. The largest absolute Gasteiger partial charge is 0.345 e. The first-order chi connectivity index (χ1) is 7.43. The van der Waals surface area contributed by atoms with Crippen LogP contribution < -0.4 is 0 Å². The van der Waals surface area contributed by atoms with E-state index in [0.29, 0.717) is 0 Å². The summed E-state index contributed by atoms with van der Waals surface area (Å²) in [5.41, 5.74) is 0. The fourth-order valence-electron chi connectivity index (χ4n) is 1.56. The fourth-order valence-corrected chi connectivity index (χ4v) is 2.67. The average molecular weight is 356 g/mol. The number of carbonyl (C=O) groups is 2. The second-order valence-corrected chi connectivity index (χ2v) is 6.24. The van der Waals surface area contributed by atoms with E-state index in [9.17, 15) is 9.59 Å². The van der Waals surface area contributed by atoms with Crippen molar-refractivity contribution in [2.45, 2.75) is 22.5 Å². The highest BCUT2D eigenvalue weighted by molar-refractivity contribution is 9.10. The Morgan fingerprint density at radius 2 is 1.25 bits per heavy atom. The number of alkyl halides is 2. The summed E-state index contributed by atoms with van der Waals surface area (Å²) in [6, 6.07) is 0. The van der Waals surface area contributed by atoms with Crippen LogP contribution in [0.25, 0.3) is 0 Å². The highest BCUT2D eigenvalue weighted by atomic mass is 79.9. The molecule has 0 saturated carbocycles. The Kier molecular flexibility index (Phi) is 5.24. The van der Waals surface area contributed by atoms with Gasteiger partial charge in [-0.05, 0) is 12.8 Å². The van der Waals surface area contributed by atoms with E-state index in [1.807, 2.05) is 14.1 Å². The number of halogens is 2. The zero-order valence-electron chi connectivity index (χ0n) is 9.45. The highest BCUT2D eigenvalue weighted by Crippen LogP contribution is 2.16. The third-order valence-electron chi connectivity index (χ3n) is 2.72. The van der Waals surface area contributed by atoms with Gasteiger partial charge in [0.25, 0.3) is 0 Å². The lowest BCUT2D eigenvalue weighted by Gasteiger charge is -2.04. The normalized spacial score (nSPS) is 29.5. The van der Waals surface area contributed by atoms with Gasteiger partial charge in [-0.1, -0.05) is 31.9 Å². The maximum atomic E-state index is 10.8. The van der Waals surface area contributed by atoms with E-state index in [1.54, 1.807) is 9.80 Å². The Balaban J connectivity index is 0.000000160. The van der Waals surface area contributed by atoms with E-state index < -0.39 is 0 Å². The van der Waals surface area contributed by atoms with E-state index in [-0.39, 0.29) is 21.5 Å². The number of hydrogen-bond donors (Lipinski definition) is 0. The van der Waals surface area contributed by atoms with Crippen LogP contribution in [0.2, 0.25) is 0 Å². The molecule has 92 valence electrons. The molecule has 0 aromatic carbocycles. The van der Waals surface area contributed by atoms with Gasteiger partial charge >= 0.3 is 0 Å². The standard InChI is InChI=1S/2C5H8BrNO/c2*1-7-3-2-4(6)5(7)8/h2*4H,2-3H2,1H3. The van der Waals surface area contributed by atoms with Crippen LogP contribution in [0.1, 0.15) is 12.8 Å². The van der Waals surface area contributed by atoms with E-state index in [0.717, 1.165) is 25.9 Å². The first-order valence-electron chi connectivity index (χ1n) is 5.21. The molecule has 2 saturated heterocycles. The second-order valence-electron chi connectivity index (χ2n) is 4.03. The van der Waals surface area contributed by atoms with E-state index in [2.05, 4.69) is 31.9 Å². The van der Waals surface area contributed by atoms with Crippen molar-refractivity contribution >= 4 is 43.7 Å². The minimum absolute atomic E-state index is 0.0903. The van der Waals surface area contributed by atoms with Crippen molar-refractivity contribution in [3.63, 3.8) is 0 Å². The third-order valence-corrected chi connectivity index (χ3v) is 4.42. The summed E-state index contributed by atoms with van der Waals surface area (Å²) in [6.07, 6.45) is 1.91. The molecule has 2 aliphatic heterocycles. The quantitative estimate of drug-likeness (QED) is 0.613. The monoisotopic (exact) mass is 354 g/mol. The van der Waals surface area contributed by atoms with Crippen molar-refractivity contribution in [3.05, 3.63) is 0 Å². The number of nitrogens with zero attached hydrogens (tertiary/aromatic N) is 2. The van der Waals surface area contributed by atoms with Gasteiger partial charge < -0.3 is 9.80 Å². The van der Waals surface area contributed by atoms with Gasteiger partial charge in [0.05, 0.1) is 9.65 Å². The van der Waals surface area contributed by atoms with Crippen LogP contribution in [-0.2, 0) is 9.59 Å². The first-order valence-corrected chi connectivity index (χ1v) is 7.04. The SMILES string of the molecule is CN1CCC(Br)C1=O.CN1CCC(Br)C1=O. The molecule has 2 fully saturated rings. The molecule has 4 nitrogen and oxygen atoms in total. The molecule has 2 unspecified atom stereocenters. The fraction of sp³-hybridized carbons (Fsp3) is 0.800. The number of rotatable bonds is 0. The highest BCUT2D eigenvalue weighted by Gasteiger charge is 2.26. The van der Waals surface area contributed by atoms with Crippen molar-refractivity contribution in [2.24, 2.45) is 0 Å². The van der Waals surface area contributed by atoms with Gasteiger partial charge in [0, 0.05) is 27.2 Å². The lowest BCUT2D eigenvalue weighted by atomic mass is 10.4. The second kappa shape index (κ2) is 6.00. The van der Waals surface area contributed by atoms with Crippen LogP contribution in [0.5, 0.6) is 0 Å². The molecule has 6 heteroatoms. The lowest BCUT2D eigenvalue weighted by molar-refractivity contribution is -0.126. The molecule has 0 spiro atoms. The molecule has 0 bridgehead atoms. The van der Waals surface area contributed by atoms with Gasteiger partial charge in [0.15, 0.2) is 0 Å². The van der Waals surface area contributed by atoms with Crippen LogP contribution in [0, 0.1) is 0 Å². The molecular weight excluding hydrogens is 340 g/mol. The van der Waals surface area contributed by atoms with E-state index in [4.69, 9.17) is 0 Å². The smallest absolute Gasteiger partial charge is 0.236 e. The summed E-state index contributed by atoms with van der Waals surface area (Å²) in [4.78, 5) is 25.2. The Morgan fingerprint density at radius 3 is 1.31 bits per heavy atom. The van der Waals surface area contributed by atoms with Gasteiger partial charge in [-0.3, -0.25) is 9.59 Å². The number of likely N-dealkylation sites (tertiary alicyclic amines) is 2. The molecule has 0 N–H and O–H groups in total. The molecule has 2 rings (SSSR count). The van der Waals surface area contributed by atoms with Gasteiger partial charge in [-0.25, -0.2) is 0 Å². The van der Waals surface area contributed by atoms with Crippen molar-refractivity contribution in [1.29, 1.82) is 0 Å². The minimum Gasteiger partial charge on any atom is -0.345 e. The molecule has 16 heavy (non-hydrogen) atoms. The maximum Gasteiger partial charge on any atom is 0.236 e. The molecule has 2 amide bonds. The lowest BCUT2D eigenvalue weighted by Crippen LogP contribution is -2.22. The van der Waals surface area contributed by atoms with Crippen LogP contribution in [0.3, 0.4) is 0 Å². The molecule has 0 radical (unpaired) electrons. The summed E-state index contributed by atoms with van der Waals surface area (Å²) in [5, 5.41) is 0. The van der Waals surface area contributed by atoms with E-state index in [1.165, 1.54) is 0 Å². The molecule has 0 aromatic rings. The number of hydrogen-bond acceptors (Lipinski definition) is 2. The molecular formula is C10H16Br2N2O2. The van der Waals surface area contributed by atoms with Crippen LogP contribution >= 0.6 is 31.9 Å². The summed E-state index contributed by atoms with van der Waals surface area (Å²) >= 11 is 6.51. The molecule has 0 aliphatic carbocycles. The number of carbonyl (C=O) groups excluding carboxylic acids is 2. The number of amides is 2. The summed E-state index contributed by atoms with van der Waals surface area (Å²) in [6.45, 7) is 1.80. The zero-order valence-corrected chi connectivity index (χ0v) is 12.6. The predicted molar refractivity (Wildman–Crippen MR) is 69.9 cm³/mol. The Bertz CT molecular complexity index is 234. The van der Waals surface area contributed by atoms with Crippen LogP contribution in [-0.4, -0.2) is 58.5 Å². The minimum atomic E-state index is 0.0903. The Labute approximate surface area is 113 Å². The Morgan fingerprint density at radius 1 is 0.938 bits per heavy atom. The zero-order chi connectivity index (χ0) is 12.3. The van der Waals surface area contributed by atoms with Gasteiger partial charge in [-0.2, -0.15) is 0 Å². The van der Waals surface area contributed by atoms with Gasteiger partial charge in [0.2, 0.25) is 11.8 Å². The van der Waals surface area contributed by atoms with Crippen molar-refractivity contribution in [1.82, 2.24) is 9.80 Å². The first kappa shape index (κ1) is 14.0. The molecule has 0 aromatic heterocycles. The molecule has 2 aliphatic rings. The topological polar surface area (TPSA) is 40.6 Å². The third kappa shape index (κ3) is 3.45. The van der Waals surface area contributed by atoms with Crippen LogP contribution in [0.4, 0.5) is 0 Å². The van der Waals surface area contributed by atoms with Crippen molar-refractivity contribution in [3.8, 4) is 0 Å². The molecule has 2 heterocycles. The summed E-state index contributed by atoms with van der Waals surface area (Å²) in [5.74, 6) is 0.426. The van der Waals surface area contributed by atoms with Crippen LogP contribution in [0.15, 0.2) is 0 Å². The van der Waals surface area contributed by atoms with Gasteiger partial charge in [0.1, 0.15) is 0 Å².